The molecule has 0 fully saturated rings. The molecule has 0 aromatic heterocycles. The molecule has 0 amide bonds. The molecule has 0 radical (unpaired) electrons. The van der Waals surface area contributed by atoms with Gasteiger partial charge in [-0.3, -0.25) is 4.72 Å². The van der Waals surface area contributed by atoms with Crippen LogP contribution >= 0.6 is 15.9 Å². The predicted octanol–water partition coefficient (Wildman–Crippen LogP) is 2.59. The van der Waals surface area contributed by atoms with E-state index in [-0.39, 0.29) is 4.47 Å². The van der Waals surface area contributed by atoms with Crippen molar-refractivity contribution in [2.45, 2.75) is 0 Å². The molecule has 0 aliphatic heterocycles. The second-order valence-electron chi connectivity index (χ2n) is 2.57. The van der Waals surface area contributed by atoms with Crippen LogP contribution in [0.25, 0.3) is 0 Å². The number of halogens is 2. The Bertz CT molecular complexity index is 419. The molecule has 0 bridgehead atoms. The Kier molecular flexibility index (Phi) is 2.92. The summed E-state index contributed by atoms with van der Waals surface area (Å²) in [6.07, 6.45) is 1.25. The third-order valence-electron chi connectivity index (χ3n) is 1.23. The van der Waals surface area contributed by atoms with Crippen LogP contribution in [0.3, 0.4) is 0 Å². The van der Waals surface area contributed by atoms with E-state index in [0.29, 0.717) is 5.69 Å². The van der Waals surface area contributed by atoms with Crippen molar-refractivity contribution < 1.29 is 8.60 Å². The SMILES string of the molecule is CS(=N)(=O)Nc1ccc(F)c(Br)c1. The standard InChI is InChI=1S/C7H8BrFN2OS/c1-13(10,12)11-5-2-3-7(9)6(8)4-5/h2-4H,1H3,(H2,10,11,12). The average molecular weight is 267 g/mol. The Morgan fingerprint density at radius 1 is 1.62 bits per heavy atom. The second-order valence-corrected chi connectivity index (χ2v) is 5.32. The molecule has 13 heavy (non-hydrogen) atoms. The van der Waals surface area contributed by atoms with Crippen LogP contribution in [0.4, 0.5) is 10.1 Å². The van der Waals surface area contributed by atoms with Crippen LogP contribution in [0, 0.1) is 10.6 Å². The molecule has 0 aliphatic carbocycles. The van der Waals surface area contributed by atoms with E-state index in [1.165, 1.54) is 24.5 Å². The molecule has 72 valence electrons. The van der Waals surface area contributed by atoms with E-state index < -0.39 is 15.7 Å². The lowest BCUT2D eigenvalue weighted by Crippen LogP contribution is -2.07. The normalized spacial score (nSPS) is 15.0. The molecule has 6 heteroatoms. The van der Waals surface area contributed by atoms with Gasteiger partial charge in [0, 0.05) is 11.9 Å². The smallest absolute Gasteiger partial charge is 0.137 e. The summed E-state index contributed by atoms with van der Waals surface area (Å²) in [5, 5.41) is 0. The van der Waals surface area contributed by atoms with Gasteiger partial charge in [0.15, 0.2) is 0 Å². The number of nitrogens with one attached hydrogen (secondary N) is 2. The Balaban J connectivity index is 2.99. The van der Waals surface area contributed by atoms with E-state index in [4.69, 9.17) is 4.78 Å². The van der Waals surface area contributed by atoms with Gasteiger partial charge in [0.2, 0.25) is 0 Å². The molecule has 0 spiro atoms. The number of hydrogen-bond acceptors (Lipinski definition) is 2. The van der Waals surface area contributed by atoms with Crippen molar-refractivity contribution >= 4 is 31.5 Å². The van der Waals surface area contributed by atoms with E-state index in [2.05, 4.69) is 20.7 Å². The van der Waals surface area contributed by atoms with E-state index in [0.717, 1.165) is 0 Å². The fourth-order valence-corrected chi connectivity index (χ4v) is 1.74. The van der Waals surface area contributed by atoms with Crippen LogP contribution in [-0.4, -0.2) is 10.5 Å². The van der Waals surface area contributed by atoms with Crippen LogP contribution in [0.5, 0.6) is 0 Å². The van der Waals surface area contributed by atoms with Crippen molar-refractivity contribution in [1.82, 2.24) is 0 Å². The zero-order valence-corrected chi connectivity index (χ0v) is 9.21. The van der Waals surface area contributed by atoms with Gasteiger partial charge in [-0.05, 0) is 34.1 Å². The van der Waals surface area contributed by atoms with Crippen LogP contribution in [0.2, 0.25) is 0 Å². The van der Waals surface area contributed by atoms with Crippen LogP contribution in [0.1, 0.15) is 0 Å². The summed E-state index contributed by atoms with van der Waals surface area (Å²) in [6, 6.07) is 4.10. The zero-order chi connectivity index (χ0) is 10.1. The van der Waals surface area contributed by atoms with Crippen molar-refractivity contribution in [3.63, 3.8) is 0 Å². The van der Waals surface area contributed by atoms with Crippen molar-refractivity contribution in [3.05, 3.63) is 28.5 Å². The maximum absolute atomic E-state index is 12.7. The molecule has 1 aromatic carbocycles. The van der Waals surface area contributed by atoms with Gasteiger partial charge < -0.3 is 0 Å². The van der Waals surface area contributed by atoms with Crippen molar-refractivity contribution in [1.29, 1.82) is 4.78 Å². The highest BCUT2D eigenvalue weighted by Crippen LogP contribution is 2.20. The lowest BCUT2D eigenvalue weighted by molar-refractivity contribution is 0.621. The molecule has 1 unspecified atom stereocenters. The van der Waals surface area contributed by atoms with E-state index >= 15 is 0 Å². The topological polar surface area (TPSA) is 53.0 Å². The van der Waals surface area contributed by atoms with E-state index in [9.17, 15) is 8.60 Å². The maximum Gasteiger partial charge on any atom is 0.137 e. The van der Waals surface area contributed by atoms with Crippen molar-refractivity contribution in [2.24, 2.45) is 0 Å². The molecule has 1 rings (SSSR count). The largest absolute Gasteiger partial charge is 0.299 e. The van der Waals surface area contributed by atoms with Crippen LogP contribution in [-0.2, 0) is 9.92 Å². The minimum Gasteiger partial charge on any atom is -0.299 e. The summed E-state index contributed by atoms with van der Waals surface area (Å²) in [7, 11) is -2.80. The van der Waals surface area contributed by atoms with Gasteiger partial charge in [-0.25, -0.2) is 13.4 Å². The van der Waals surface area contributed by atoms with Gasteiger partial charge in [0.1, 0.15) is 15.7 Å². The highest BCUT2D eigenvalue weighted by Gasteiger charge is 2.02. The van der Waals surface area contributed by atoms with E-state index in [1.807, 2.05) is 0 Å². The summed E-state index contributed by atoms with van der Waals surface area (Å²) in [5.41, 5.74) is 0.454. The zero-order valence-electron chi connectivity index (χ0n) is 6.80. The van der Waals surface area contributed by atoms with Gasteiger partial charge >= 0.3 is 0 Å². The minimum absolute atomic E-state index is 0.279. The van der Waals surface area contributed by atoms with Gasteiger partial charge in [-0.15, -0.1) is 0 Å². The first-order valence-electron chi connectivity index (χ1n) is 3.35. The van der Waals surface area contributed by atoms with Crippen molar-refractivity contribution in [3.8, 4) is 0 Å². The third-order valence-corrected chi connectivity index (χ3v) is 2.47. The number of hydrogen-bond donors (Lipinski definition) is 2. The van der Waals surface area contributed by atoms with Crippen LogP contribution < -0.4 is 4.72 Å². The summed E-state index contributed by atoms with van der Waals surface area (Å²) in [4.78, 5) is 0. The molecule has 0 saturated heterocycles. The maximum atomic E-state index is 12.7. The molecule has 1 atom stereocenters. The van der Waals surface area contributed by atoms with Crippen molar-refractivity contribution in [2.75, 3.05) is 11.0 Å². The highest BCUT2D eigenvalue weighted by molar-refractivity contribution is 9.10. The van der Waals surface area contributed by atoms with E-state index in [1.54, 1.807) is 0 Å². The Morgan fingerprint density at radius 3 is 2.69 bits per heavy atom. The third kappa shape index (κ3) is 3.31. The molecular formula is C7H8BrFN2OS. The molecular weight excluding hydrogens is 259 g/mol. The number of rotatable bonds is 2. The molecule has 0 saturated carbocycles. The quantitative estimate of drug-likeness (QED) is 0.850. The van der Waals surface area contributed by atoms with Gasteiger partial charge in [0.05, 0.1) is 4.47 Å². The van der Waals surface area contributed by atoms with Gasteiger partial charge in [-0.2, -0.15) is 0 Å². The molecule has 2 N–H and O–H groups in total. The summed E-state index contributed by atoms with van der Waals surface area (Å²) < 4.78 is 33.6. The number of anilines is 1. The Labute approximate surface area is 84.6 Å². The molecule has 1 aromatic rings. The van der Waals surface area contributed by atoms with Gasteiger partial charge in [-0.1, -0.05) is 0 Å². The highest BCUT2D eigenvalue weighted by atomic mass is 79.9. The van der Waals surface area contributed by atoms with Crippen LogP contribution in [0.15, 0.2) is 22.7 Å². The first-order chi connectivity index (χ1) is 5.88. The molecule has 0 aliphatic rings. The molecule has 0 heterocycles. The second kappa shape index (κ2) is 3.63. The average Bonchev–Trinajstić information content (AvgIpc) is 1.94. The first-order valence-corrected chi connectivity index (χ1v) is 6.11. The minimum atomic E-state index is -2.80. The predicted molar refractivity (Wildman–Crippen MR) is 54.5 cm³/mol. The van der Waals surface area contributed by atoms with Gasteiger partial charge in [0.25, 0.3) is 0 Å². The summed E-state index contributed by atoms with van der Waals surface area (Å²) in [5.74, 6) is -0.391. The summed E-state index contributed by atoms with van der Waals surface area (Å²) >= 11 is 2.98. The lowest BCUT2D eigenvalue weighted by atomic mass is 10.3. The fraction of sp³-hybridized carbons (Fsp3) is 0.143. The Hall–Kier alpha value is -0.620. The number of benzene rings is 1. The first kappa shape index (κ1) is 10.5. The Morgan fingerprint density at radius 2 is 2.23 bits per heavy atom. The summed E-state index contributed by atoms with van der Waals surface area (Å²) in [6.45, 7) is 0. The monoisotopic (exact) mass is 266 g/mol. The fourth-order valence-electron chi connectivity index (χ4n) is 0.785. The lowest BCUT2D eigenvalue weighted by Gasteiger charge is -2.06. The molecule has 3 nitrogen and oxygen atoms in total.